The summed E-state index contributed by atoms with van der Waals surface area (Å²) in [5, 5.41) is 3.39. The lowest BCUT2D eigenvalue weighted by atomic mass is 10.1. The van der Waals surface area contributed by atoms with Gasteiger partial charge in [0.15, 0.2) is 0 Å². The van der Waals surface area contributed by atoms with Crippen molar-refractivity contribution in [3.63, 3.8) is 0 Å². The number of benzene rings is 1. The maximum absolute atomic E-state index is 11.3. The lowest BCUT2D eigenvalue weighted by Gasteiger charge is -2.11. The summed E-state index contributed by atoms with van der Waals surface area (Å²) in [4.78, 5) is 11.3. The summed E-state index contributed by atoms with van der Waals surface area (Å²) < 4.78 is 0. The molecule has 0 atom stereocenters. The molecule has 0 unspecified atom stereocenters. The zero-order valence-corrected chi connectivity index (χ0v) is 10.3. The Bertz CT molecular complexity index is 329. The molecule has 0 spiro atoms. The van der Waals surface area contributed by atoms with E-state index in [2.05, 4.69) is 5.32 Å². The molecular weight excluding hydrogens is 206 g/mol. The van der Waals surface area contributed by atoms with Crippen molar-refractivity contribution in [1.29, 1.82) is 0 Å². The molecule has 0 radical (unpaired) electrons. The molecule has 1 N–H and O–H groups in total. The second-order valence-electron chi connectivity index (χ2n) is 3.43. The highest BCUT2D eigenvalue weighted by atomic mass is 32.2. The van der Waals surface area contributed by atoms with Crippen molar-refractivity contribution in [1.82, 2.24) is 0 Å². The first-order chi connectivity index (χ1) is 7.15. The largest absolute Gasteiger partial charge is 0.377 e. The van der Waals surface area contributed by atoms with E-state index in [0.29, 0.717) is 6.54 Å². The molecule has 3 heteroatoms. The van der Waals surface area contributed by atoms with Crippen LogP contribution in [0.15, 0.2) is 18.2 Å². The van der Waals surface area contributed by atoms with Crippen LogP contribution in [-0.4, -0.2) is 17.4 Å². The summed E-state index contributed by atoms with van der Waals surface area (Å²) in [6.07, 6.45) is 0. The number of aryl methyl sites for hydroxylation is 2. The van der Waals surface area contributed by atoms with Gasteiger partial charge >= 0.3 is 0 Å². The Morgan fingerprint density at radius 2 is 1.93 bits per heavy atom. The Kier molecular flexibility index (Phi) is 4.69. The molecule has 0 aromatic heterocycles. The summed E-state index contributed by atoms with van der Waals surface area (Å²) in [6.45, 7) is 6.49. The number of carbonyl (C=O) groups excluding carboxylic acids is 1. The third-order valence-electron chi connectivity index (χ3n) is 2.20. The molecular formula is C12H17NOS. The molecule has 2 nitrogen and oxygen atoms in total. The minimum atomic E-state index is 0.195. The minimum Gasteiger partial charge on any atom is -0.377 e. The van der Waals surface area contributed by atoms with Gasteiger partial charge in [-0.05, 0) is 30.7 Å². The van der Waals surface area contributed by atoms with Crippen molar-refractivity contribution >= 4 is 22.6 Å². The molecule has 1 aromatic rings. The number of para-hydroxylation sites is 1. The average Bonchev–Trinajstić information content (AvgIpc) is 2.17. The van der Waals surface area contributed by atoms with E-state index in [0.717, 1.165) is 11.4 Å². The van der Waals surface area contributed by atoms with Gasteiger partial charge in [0.1, 0.15) is 0 Å². The fourth-order valence-corrected chi connectivity index (χ4v) is 1.96. The topological polar surface area (TPSA) is 29.1 Å². The van der Waals surface area contributed by atoms with Gasteiger partial charge in [0.25, 0.3) is 0 Å². The Hall–Kier alpha value is -0.960. The van der Waals surface area contributed by atoms with Gasteiger partial charge in [-0.2, -0.15) is 0 Å². The lowest BCUT2D eigenvalue weighted by Crippen LogP contribution is -2.12. The molecule has 0 saturated carbocycles. The van der Waals surface area contributed by atoms with Crippen LogP contribution >= 0.6 is 11.8 Å². The van der Waals surface area contributed by atoms with Gasteiger partial charge < -0.3 is 5.32 Å². The van der Waals surface area contributed by atoms with Crippen LogP contribution in [0.4, 0.5) is 5.69 Å². The standard InChI is InChI=1S/C12H17NOS/c1-4-15-11(14)8-13-12-9(2)6-5-7-10(12)3/h5-7,13H,4,8H2,1-3H3. The van der Waals surface area contributed by atoms with Crippen LogP contribution in [0.2, 0.25) is 0 Å². The van der Waals surface area contributed by atoms with E-state index in [9.17, 15) is 4.79 Å². The first-order valence-electron chi connectivity index (χ1n) is 5.11. The summed E-state index contributed by atoms with van der Waals surface area (Å²) in [6, 6.07) is 6.12. The quantitative estimate of drug-likeness (QED) is 0.850. The van der Waals surface area contributed by atoms with Crippen molar-refractivity contribution in [2.24, 2.45) is 0 Å². The maximum atomic E-state index is 11.3. The van der Waals surface area contributed by atoms with Crippen molar-refractivity contribution in [2.75, 3.05) is 17.6 Å². The van der Waals surface area contributed by atoms with E-state index < -0.39 is 0 Å². The predicted molar refractivity (Wildman–Crippen MR) is 67.5 cm³/mol. The first kappa shape index (κ1) is 12.1. The van der Waals surface area contributed by atoms with Gasteiger partial charge in [0, 0.05) is 5.69 Å². The average molecular weight is 223 g/mol. The second kappa shape index (κ2) is 5.81. The monoisotopic (exact) mass is 223 g/mol. The SMILES string of the molecule is CCSC(=O)CNc1c(C)cccc1C. The van der Waals surface area contributed by atoms with Crippen LogP contribution in [0.1, 0.15) is 18.1 Å². The second-order valence-corrected chi connectivity index (χ2v) is 4.75. The van der Waals surface area contributed by atoms with E-state index in [4.69, 9.17) is 0 Å². The van der Waals surface area contributed by atoms with E-state index in [-0.39, 0.29) is 5.12 Å². The van der Waals surface area contributed by atoms with E-state index in [1.165, 1.54) is 22.9 Å². The summed E-state index contributed by atoms with van der Waals surface area (Å²) in [5.41, 5.74) is 3.45. The van der Waals surface area contributed by atoms with E-state index in [1.807, 2.05) is 39.0 Å². The third kappa shape index (κ3) is 3.59. The summed E-state index contributed by atoms with van der Waals surface area (Å²) >= 11 is 1.36. The highest BCUT2D eigenvalue weighted by Crippen LogP contribution is 2.19. The van der Waals surface area contributed by atoms with Crippen molar-refractivity contribution in [3.05, 3.63) is 29.3 Å². The first-order valence-corrected chi connectivity index (χ1v) is 6.09. The number of carbonyl (C=O) groups is 1. The van der Waals surface area contributed by atoms with Crippen molar-refractivity contribution in [2.45, 2.75) is 20.8 Å². The predicted octanol–water partition coefficient (Wildman–Crippen LogP) is 3.00. The smallest absolute Gasteiger partial charge is 0.207 e. The molecule has 0 aliphatic heterocycles. The van der Waals surface area contributed by atoms with Crippen LogP contribution < -0.4 is 5.32 Å². The van der Waals surface area contributed by atoms with E-state index in [1.54, 1.807) is 0 Å². The maximum Gasteiger partial charge on any atom is 0.207 e. The summed E-state index contributed by atoms with van der Waals surface area (Å²) in [7, 11) is 0. The molecule has 82 valence electrons. The van der Waals surface area contributed by atoms with E-state index >= 15 is 0 Å². The van der Waals surface area contributed by atoms with Gasteiger partial charge in [-0.3, -0.25) is 4.79 Å². The number of thioether (sulfide) groups is 1. The molecule has 0 amide bonds. The normalized spacial score (nSPS) is 10.1. The van der Waals surface area contributed by atoms with Crippen LogP contribution in [0.5, 0.6) is 0 Å². The fourth-order valence-electron chi connectivity index (χ4n) is 1.47. The molecule has 0 saturated heterocycles. The fraction of sp³-hybridized carbons (Fsp3) is 0.417. The molecule has 0 fully saturated rings. The molecule has 0 bridgehead atoms. The Balaban J connectivity index is 2.61. The van der Waals surface area contributed by atoms with Crippen LogP contribution in [0, 0.1) is 13.8 Å². The lowest BCUT2D eigenvalue weighted by molar-refractivity contribution is -0.109. The van der Waals surface area contributed by atoms with Crippen LogP contribution in [0.25, 0.3) is 0 Å². The van der Waals surface area contributed by atoms with Crippen LogP contribution in [-0.2, 0) is 4.79 Å². The molecule has 0 aliphatic carbocycles. The number of rotatable bonds is 4. The number of hydrogen-bond donors (Lipinski definition) is 1. The minimum absolute atomic E-state index is 0.195. The number of anilines is 1. The van der Waals surface area contributed by atoms with Gasteiger partial charge in [0.2, 0.25) is 5.12 Å². The number of hydrogen-bond acceptors (Lipinski definition) is 3. The van der Waals surface area contributed by atoms with Crippen molar-refractivity contribution in [3.8, 4) is 0 Å². The highest BCUT2D eigenvalue weighted by molar-refractivity contribution is 8.13. The van der Waals surface area contributed by atoms with Gasteiger partial charge in [0.05, 0.1) is 6.54 Å². The Morgan fingerprint density at radius 1 is 1.33 bits per heavy atom. The third-order valence-corrected chi connectivity index (χ3v) is 2.95. The zero-order chi connectivity index (χ0) is 11.3. The molecule has 15 heavy (non-hydrogen) atoms. The highest BCUT2D eigenvalue weighted by Gasteiger charge is 2.04. The molecule has 0 aliphatic rings. The van der Waals surface area contributed by atoms with Crippen molar-refractivity contribution < 1.29 is 4.79 Å². The number of nitrogens with one attached hydrogen (secondary N) is 1. The summed E-state index contributed by atoms with van der Waals surface area (Å²) in [5.74, 6) is 0.841. The Morgan fingerprint density at radius 3 is 2.47 bits per heavy atom. The van der Waals surface area contributed by atoms with Crippen LogP contribution in [0.3, 0.4) is 0 Å². The molecule has 1 aromatic carbocycles. The Labute approximate surface area is 95.5 Å². The zero-order valence-electron chi connectivity index (χ0n) is 9.46. The van der Waals surface area contributed by atoms with Gasteiger partial charge in [-0.1, -0.05) is 36.9 Å². The van der Waals surface area contributed by atoms with Gasteiger partial charge in [-0.15, -0.1) is 0 Å². The van der Waals surface area contributed by atoms with Gasteiger partial charge in [-0.25, -0.2) is 0 Å². The molecule has 1 rings (SSSR count). The molecule has 0 heterocycles.